The van der Waals surface area contributed by atoms with E-state index >= 15 is 0 Å². The molecule has 0 spiro atoms. The zero-order chi connectivity index (χ0) is 9.90. The Hall–Kier alpha value is -0.273. The lowest BCUT2D eigenvalue weighted by atomic mass is 10.2. The molecule has 0 aromatic heterocycles. The lowest BCUT2D eigenvalue weighted by molar-refractivity contribution is 1.03. The van der Waals surface area contributed by atoms with Gasteiger partial charge in [0.05, 0.1) is 8.07 Å². The van der Waals surface area contributed by atoms with E-state index in [1.165, 1.54) is 5.56 Å². The van der Waals surface area contributed by atoms with E-state index in [1.54, 1.807) is 0 Å². The first kappa shape index (κ1) is 10.8. The maximum absolute atomic E-state index is 6.02. The number of hydrogen-bond donors (Lipinski definition) is 0. The van der Waals surface area contributed by atoms with E-state index in [2.05, 4.69) is 50.0 Å². The minimum absolute atomic E-state index is 0.579. The molecule has 0 aliphatic carbocycles. The van der Waals surface area contributed by atoms with Crippen LogP contribution in [0, 0.1) is 0 Å². The standard InChI is InChI=1S/C11H17ClSi/c1-13(2,3)11(9-12)10-7-5-4-6-8-10/h4-8,11H,9H2,1-3H3. The van der Waals surface area contributed by atoms with Crippen LogP contribution in [0.1, 0.15) is 11.1 Å². The Bertz CT molecular complexity index is 251. The highest BCUT2D eigenvalue weighted by molar-refractivity contribution is 6.78. The molecule has 2 heteroatoms. The largest absolute Gasteiger partial charge is 0.126 e. The van der Waals surface area contributed by atoms with Crippen LogP contribution in [0.25, 0.3) is 0 Å². The molecule has 0 N–H and O–H groups in total. The van der Waals surface area contributed by atoms with Crippen LogP contribution in [0.3, 0.4) is 0 Å². The summed E-state index contributed by atoms with van der Waals surface area (Å²) in [5, 5.41) is 0. The van der Waals surface area contributed by atoms with Gasteiger partial charge in [-0.25, -0.2) is 0 Å². The van der Waals surface area contributed by atoms with Gasteiger partial charge in [0.2, 0.25) is 0 Å². The molecule has 1 aromatic carbocycles. The van der Waals surface area contributed by atoms with E-state index in [0.717, 1.165) is 5.88 Å². The van der Waals surface area contributed by atoms with Crippen molar-refractivity contribution in [2.45, 2.75) is 25.2 Å². The summed E-state index contributed by atoms with van der Waals surface area (Å²) in [6.07, 6.45) is 0. The molecule has 0 saturated carbocycles. The molecule has 0 heterocycles. The summed E-state index contributed by atoms with van der Waals surface area (Å²) in [5.74, 6) is 0.750. The summed E-state index contributed by atoms with van der Waals surface area (Å²) < 4.78 is 0. The van der Waals surface area contributed by atoms with Gasteiger partial charge in [0.1, 0.15) is 0 Å². The fourth-order valence-corrected chi connectivity index (χ4v) is 4.73. The first-order valence-electron chi connectivity index (χ1n) is 4.66. The lowest BCUT2D eigenvalue weighted by Crippen LogP contribution is -2.32. The molecule has 0 saturated heterocycles. The van der Waals surface area contributed by atoms with Crippen LogP contribution in [0.15, 0.2) is 30.3 Å². The van der Waals surface area contributed by atoms with Crippen molar-refractivity contribution in [1.29, 1.82) is 0 Å². The summed E-state index contributed by atoms with van der Waals surface area (Å²) in [6, 6.07) is 10.6. The van der Waals surface area contributed by atoms with Crippen molar-refractivity contribution in [3.8, 4) is 0 Å². The first-order chi connectivity index (χ1) is 6.05. The van der Waals surface area contributed by atoms with Crippen LogP contribution in [0.4, 0.5) is 0 Å². The van der Waals surface area contributed by atoms with E-state index in [0.29, 0.717) is 5.54 Å². The van der Waals surface area contributed by atoms with E-state index < -0.39 is 8.07 Å². The van der Waals surface area contributed by atoms with E-state index in [9.17, 15) is 0 Å². The molecular weight excluding hydrogens is 196 g/mol. The van der Waals surface area contributed by atoms with Crippen molar-refractivity contribution in [2.24, 2.45) is 0 Å². The smallest absolute Gasteiger partial charge is 0.0536 e. The van der Waals surface area contributed by atoms with Gasteiger partial charge >= 0.3 is 0 Å². The SMILES string of the molecule is C[Si](C)(C)C(CCl)c1ccccc1. The van der Waals surface area contributed by atoms with Gasteiger partial charge in [0.15, 0.2) is 0 Å². The molecule has 1 rings (SSSR count). The minimum Gasteiger partial charge on any atom is -0.126 e. The molecule has 1 atom stereocenters. The van der Waals surface area contributed by atoms with E-state index in [-0.39, 0.29) is 0 Å². The number of rotatable bonds is 3. The Morgan fingerprint density at radius 3 is 2.08 bits per heavy atom. The topological polar surface area (TPSA) is 0 Å². The Balaban J connectivity index is 2.92. The molecule has 0 aliphatic heterocycles. The van der Waals surface area contributed by atoms with Gasteiger partial charge in [-0.3, -0.25) is 0 Å². The Labute approximate surface area is 86.9 Å². The van der Waals surface area contributed by atoms with Crippen molar-refractivity contribution < 1.29 is 0 Å². The quantitative estimate of drug-likeness (QED) is 0.527. The molecule has 0 nitrogen and oxygen atoms in total. The van der Waals surface area contributed by atoms with Gasteiger partial charge in [-0.1, -0.05) is 50.0 Å². The third kappa shape index (κ3) is 2.85. The molecule has 0 amide bonds. The van der Waals surface area contributed by atoms with Gasteiger partial charge in [-0.15, -0.1) is 11.6 Å². The zero-order valence-corrected chi connectivity index (χ0v) is 10.3. The van der Waals surface area contributed by atoms with Gasteiger partial charge < -0.3 is 0 Å². The molecular formula is C11H17ClSi. The maximum Gasteiger partial charge on any atom is 0.0536 e. The summed E-state index contributed by atoms with van der Waals surface area (Å²) in [6.45, 7) is 7.10. The predicted molar refractivity (Wildman–Crippen MR) is 63.2 cm³/mol. The van der Waals surface area contributed by atoms with Crippen molar-refractivity contribution in [3.63, 3.8) is 0 Å². The fraction of sp³-hybridized carbons (Fsp3) is 0.455. The second-order valence-corrected chi connectivity index (χ2v) is 10.2. The van der Waals surface area contributed by atoms with Gasteiger partial charge in [0, 0.05) is 5.88 Å². The number of hydrogen-bond acceptors (Lipinski definition) is 0. The normalized spacial score (nSPS) is 14.2. The Morgan fingerprint density at radius 2 is 1.69 bits per heavy atom. The summed E-state index contributed by atoms with van der Waals surface area (Å²) in [7, 11) is -1.16. The number of alkyl halides is 1. The fourth-order valence-electron chi connectivity index (χ4n) is 1.51. The predicted octanol–water partition coefficient (Wildman–Crippen LogP) is 3.89. The van der Waals surface area contributed by atoms with Crippen molar-refractivity contribution >= 4 is 19.7 Å². The van der Waals surface area contributed by atoms with Crippen molar-refractivity contribution in [3.05, 3.63) is 35.9 Å². The molecule has 1 unspecified atom stereocenters. The molecule has 0 bridgehead atoms. The Morgan fingerprint density at radius 1 is 1.15 bits per heavy atom. The maximum atomic E-state index is 6.02. The minimum atomic E-state index is -1.16. The van der Waals surface area contributed by atoms with Gasteiger partial charge in [-0.05, 0) is 11.1 Å². The molecule has 0 fully saturated rings. The van der Waals surface area contributed by atoms with Crippen LogP contribution in [-0.2, 0) is 0 Å². The first-order valence-corrected chi connectivity index (χ1v) is 8.78. The molecule has 0 aliphatic rings. The molecule has 1 aromatic rings. The second-order valence-electron chi connectivity index (χ2n) is 4.48. The Kier molecular flexibility index (Phi) is 3.57. The van der Waals surface area contributed by atoms with Gasteiger partial charge in [-0.2, -0.15) is 0 Å². The molecule has 0 radical (unpaired) electrons. The van der Waals surface area contributed by atoms with Crippen LogP contribution in [0.2, 0.25) is 19.6 Å². The summed E-state index contributed by atoms with van der Waals surface area (Å²) >= 11 is 6.02. The van der Waals surface area contributed by atoms with E-state index in [1.807, 2.05) is 0 Å². The lowest BCUT2D eigenvalue weighted by Gasteiger charge is -2.27. The highest BCUT2D eigenvalue weighted by Gasteiger charge is 2.26. The average Bonchev–Trinajstić information content (AvgIpc) is 2.05. The third-order valence-electron chi connectivity index (χ3n) is 2.40. The van der Waals surface area contributed by atoms with Crippen LogP contribution >= 0.6 is 11.6 Å². The summed E-state index contributed by atoms with van der Waals surface area (Å²) in [5.41, 5.74) is 1.98. The van der Waals surface area contributed by atoms with Crippen LogP contribution in [0.5, 0.6) is 0 Å². The highest BCUT2D eigenvalue weighted by atomic mass is 35.5. The number of benzene rings is 1. The highest BCUT2D eigenvalue weighted by Crippen LogP contribution is 2.27. The van der Waals surface area contributed by atoms with Gasteiger partial charge in [0.25, 0.3) is 0 Å². The molecule has 72 valence electrons. The van der Waals surface area contributed by atoms with Crippen molar-refractivity contribution in [2.75, 3.05) is 5.88 Å². The second kappa shape index (κ2) is 4.29. The monoisotopic (exact) mass is 212 g/mol. The summed E-state index contributed by atoms with van der Waals surface area (Å²) in [4.78, 5) is 0. The molecule has 13 heavy (non-hydrogen) atoms. The van der Waals surface area contributed by atoms with Crippen LogP contribution in [-0.4, -0.2) is 14.0 Å². The number of halogens is 1. The van der Waals surface area contributed by atoms with Crippen LogP contribution < -0.4 is 0 Å². The van der Waals surface area contributed by atoms with Crippen molar-refractivity contribution in [1.82, 2.24) is 0 Å². The zero-order valence-electron chi connectivity index (χ0n) is 8.55. The third-order valence-corrected chi connectivity index (χ3v) is 5.60. The average molecular weight is 213 g/mol. The van der Waals surface area contributed by atoms with E-state index in [4.69, 9.17) is 11.6 Å².